The summed E-state index contributed by atoms with van der Waals surface area (Å²) in [6, 6.07) is 14.7. The molecular formula is C20H23N3O3. The zero-order valence-corrected chi connectivity index (χ0v) is 14.8. The first-order valence-electron chi connectivity index (χ1n) is 8.73. The van der Waals surface area contributed by atoms with E-state index in [0.717, 1.165) is 18.8 Å². The second-order valence-corrected chi connectivity index (χ2v) is 6.21. The largest absolute Gasteiger partial charge is 0.465 e. The van der Waals surface area contributed by atoms with Gasteiger partial charge in [-0.1, -0.05) is 0 Å². The summed E-state index contributed by atoms with van der Waals surface area (Å²) in [4.78, 5) is 25.8. The molecule has 0 spiro atoms. The third-order valence-corrected chi connectivity index (χ3v) is 4.38. The van der Waals surface area contributed by atoms with Gasteiger partial charge < -0.3 is 20.3 Å². The van der Waals surface area contributed by atoms with Gasteiger partial charge in [-0.05, 0) is 61.4 Å². The Kier molecular flexibility index (Phi) is 5.73. The molecule has 0 bridgehead atoms. The molecule has 136 valence electrons. The predicted octanol–water partition coefficient (Wildman–Crippen LogP) is 3.12. The maximum Gasteiger partial charge on any atom is 0.337 e. The molecule has 26 heavy (non-hydrogen) atoms. The van der Waals surface area contributed by atoms with Gasteiger partial charge in [-0.25, -0.2) is 4.79 Å². The Morgan fingerprint density at radius 3 is 2.19 bits per heavy atom. The van der Waals surface area contributed by atoms with E-state index in [1.54, 1.807) is 24.3 Å². The number of hydrogen-bond acceptors (Lipinski definition) is 5. The molecule has 2 N–H and O–H groups in total. The van der Waals surface area contributed by atoms with Crippen molar-refractivity contribution in [1.29, 1.82) is 0 Å². The molecule has 1 heterocycles. The molecule has 0 atom stereocenters. The van der Waals surface area contributed by atoms with Crippen molar-refractivity contribution in [2.24, 2.45) is 0 Å². The van der Waals surface area contributed by atoms with Gasteiger partial charge in [0, 0.05) is 30.2 Å². The lowest BCUT2D eigenvalue weighted by molar-refractivity contribution is -0.114. The van der Waals surface area contributed by atoms with E-state index in [2.05, 4.69) is 32.4 Å². The van der Waals surface area contributed by atoms with Crippen LogP contribution in [-0.4, -0.2) is 38.6 Å². The number of esters is 1. The van der Waals surface area contributed by atoms with Crippen molar-refractivity contribution < 1.29 is 14.3 Å². The summed E-state index contributed by atoms with van der Waals surface area (Å²) in [6.45, 7) is 2.40. The van der Waals surface area contributed by atoms with Crippen LogP contribution in [0.25, 0.3) is 0 Å². The molecular weight excluding hydrogens is 330 g/mol. The molecule has 1 saturated heterocycles. The number of benzene rings is 2. The first-order valence-corrected chi connectivity index (χ1v) is 8.73. The molecule has 1 amide bonds. The Morgan fingerprint density at radius 1 is 0.962 bits per heavy atom. The van der Waals surface area contributed by atoms with Crippen LogP contribution in [0.2, 0.25) is 0 Å². The predicted molar refractivity (Wildman–Crippen MR) is 103 cm³/mol. The summed E-state index contributed by atoms with van der Waals surface area (Å²) < 4.78 is 4.65. The molecule has 3 rings (SSSR count). The van der Waals surface area contributed by atoms with Crippen LogP contribution >= 0.6 is 0 Å². The van der Waals surface area contributed by atoms with Crippen LogP contribution < -0.4 is 15.5 Å². The number of ether oxygens (including phenoxy) is 1. The molecule has 2 aromatic carbocycles. The number of nitrogens with one attached hydrogen (secondary N) is 2. The van der Waals surface area contributed by atoms with E-state index in [9.17, 15) is 9.59 Å². The van der Waals surface area contributed by atoms with E-state index in [0.29, 0.717) is 11.3 Å². The van der Waals surface area contributed by atoms with Gasteiger partial charge in [0.25, 0.3) is 0 Å². The zero-order valence-electron chi connectivity index (χ0n) is 14.8. The molecule has 1 aliphatic heterocycles. The first-order chi connectivity index (χ1) is 12.7. The fourth-order valence-corrected chi connectivity index (χ4v) is 2.96. The Hall–Kier alpha value is -3.02. The number of hydrogen-bond donors (Lipinski definition) is 2. The summed E-state index contributed by atoms with van der Waals surface area (Å²) in [7, 11) is 1.33. The lowest BCUT2D eigenvalue weighted by Crippen LogP contribution is -2.22. The number of anilines is 3. The fourth-order valence-electron chi connectivity index (χ4n) is 2.96. The number of carbonyl (C=O) groups excluding carboxylic acids is 2. The minimum atomic E-state index is -0.401. The highest BCUT2D eigenvalue weighted by atomic mass is 16.5. The highest BCUT2D eigenvalue weighted by Gasteiger charge is 2.12. The monoisotopic (exact) mass is 353 g/mol. The molecule has 1 fully saturated rings. The average molecular weight is 353 g/mol. The van der Waals surface area contributed by atoms with Gasteiger partial charge in [0.2, 0.25) is 5.91 Å². The maximum atomic E-state index is 12.1. The van der Waals surface area contributed by atoms with Crippen LogP contribution in [0.3, 0.4) is 0 Å². The van der Waals surface area contributed by atoms with Gasteiger partial charge >= 0.3 is 5.97 Å². The zero-order chi connectivity index (χ0) is 18.4. The average Bonchev–Trinajstić information content (AvgIpc) is 3.21. The highest BCUT2D eigenvalue weighted by molar-refractivity contribution is 5.95. The summed E-state index contributed by atoms with van der Waals surface area (Å²) in [5, 5.41) is 5.91. The molecule has 2 aromatic rings. The lowest BCUT2D eigenvalue weighted by atomic mass is 10.2. The Bertz CT molecular complexity index is 751. The summed E-state index contributed by atoms with van der Waals surface area (Å²) in [6.07, 6.45) is 2.50. The molecule has 0 saturated carbocycles. The van der Waals surface area contributed by atoms with Crippen LogP contribution in [-0.2, 0) is 9.53 Å². The van der Waals surface area contributed by atoms with Crippen LogP contribution in [0.15, 0.2) is 48.5 Å². The van der Waals surface area contributed by atoms with Gasteiger partial charge in [-0.3, -0.25) is 4.79 Å². The normalized spacial score (nSPS) is 13.3. The van der Waals surface area contributed by atoms with Crippen LogP contribution in [0.4, 0.5) is 17.1 Å². The number of amides is 1. The molecule has 0 unspecified atom stereocenters. The van der Waals surface area contributed by atoms with E-state index in [-0.39, 0.29) is 12.5 Å². The molecule has 1 aliphatic rings. The summed E-state index contributed by atoms with van der Waals surface area (Å²) in [5.74, 6) is -0.554. The van der Waals surface area contributed by atoms with Gasteiger partial charge in [0.15, 0.2) is 0 Å². The fraction of sp³-hybridized carbons (Fsp3) is 0.300. The summed E-state index contributed by atoms with van der Waals surface area (Å²) >= 11 is 0. The minimum Gasteiger partial charge on any atom is -0.465 e. The third kappa shape index (κ3) is 4.53. The maximum absolute atomic E-state index is 12.1. The topological polar surface area (TPSA) is 70.7 Å². The molecule has 6 nitrogen and oxygen atoms in total. The van der Waals surface area contributed by atoms with Crippen molar-refractivity contribution in [1.82, 2.24) is 0 Å². The minimum absolute atomic E-state index is 0.153. The Labute approximate surface area is 153 Å². The van der Waals surface area contributed by atoms with Crippen LogP contribution in [0, 0.1) is 0 Å². The van der Waals surface area contributed by atoms with Crippen molar-refractivity contribution in [2.45, 2.75) is 12.8 Å². The second-order valence-electron chi connectivity index (χ2n) is 6.21. The Morgan fingerprint density at radius 2 is 1.58 bits per heavy atom. The third-order valence-electron chi connectivity index (χ3n) is 4.38. The molecule has 6 heteroatoms. The van der Waals surface area contributed by atoms with Gasteiger partial charge in [0.1, 0.15) is 0 Å². The summed E-state index contributed by atoms with van der Waals surface area (Å²) in [5.41, 5.74) is 3.21. The van der Waals surface area contributed by atoms with Crippen LogP contribution in [0.5, 0.6) is 0 Å². The SMILES string of the molecule is COC(=O)c1ccc(NC(=O)CNc2ccc(N3CCCC3)cc2)cc1. The van der Waals surface area contributed by atoms with Crippen LogP contribution in [0.1, 0.15) is 23.2 Å². The van der Waals surface area contributed by atoms with E-state index >= 15 is 0 Å². The van der Waals surface area contributed by atoms with E-state index in [4.69, 9.17) is 0 Å². The number of methoxy groups -OCH3 is 1. The number of rotatable bonds is 6. The molecule has 0 aromatic heterocycles. The van der Waals surface area contributed by atoms with Crippen molar-refractivity contribution >= 4 is 28.9 Å². The molecule has 0 radical (unpaired) electrons. The Balaban J connectivity index is 1.48. The highest BCUT2D eigenvalue weighted by Crippen LogP contribution is 2.22. The van der Waals surface area contributed by atoms with Crippen molar-refractivity contribution in [2.75, 3.05) is 42.3 Å². The van der Waals surface area contributed by atoms with Crippen molar-refractivity contribution in [3.8, 4) is 0 Å². The molecule has 0 aliphatic carbocycles. The van der Waals surface area contributed by atoms with Crippen molar-refractivity contribution in [3.63, 3.8) is 0 Å². The first kappa shape index (κ1) is 17.8. The second kappa shape index (κ2) is 8.38. The quantitative estimate of drug-likeness (QED) is 0.781. The lowest BCUT2D eigenvalue weighted by Gasteiger charge is -2.18. The van der Waals surface area contributed by atoms with Gasteiger partial charge in [-0.15, -0.1) is 0 Å². The standard InChI is InChI=1S/C20H23N3O3/c1-26-20(25)15-4-6-17(7-5-15)22-19(24)14-21-16-8-10-18(11-9-16)23-12-2-3-13-23/h4-11,21H,2-3,12-14H2,1H3,(H,22,24). The van der Waals surface area contributed by atoms with E-state index in [1.165, 1.54) is 25.6 Å². The number of nitrogens with zero attached hydrogens (tertiary/aromatic N) is 1. The van der Waals surface area contributed by atoms with E-state index in [1.807, 2.05) is 12.1 Å². The van der Waals surface area contributed by atoms with Crippen molar-refractivity contribution in [3.05, 3.63) is 54.1 Å². The van der Waals surface area contributed by atoms with E-state index < -0.39 is 5.97 Å². The van der Waals surface area contributed by atoms with Gasteiger partial charge in [-0.2, -0.15) is 0 Å². The number of carbonyl (C=O) groups is 2. The van der Waals surface area contributed by atoms with Gasteiger partial charge in [0.05, 0.1) is 19.2 Å². The smallest absolute Gasteiger partial charge is 0.337 e.